The molecule has 2 aromatic heterocycles. The van der Waals surface area contributed by atoms with E-state index < -0.39 is 0 Å². The molecule has 0 aliphatic rings. The van der Waals surface area contributed by atoms with E-state index in [1.54, 1.807) is 17.5 Å². The van der Waals surface area contributed by atoms with Crippen molar-refractivity contribution in [2.45, 2.75) is 13.8 Å². The van der Waals surface area contributed by atoms with Gasteiger partial charge in [-0.3, -0.25) is 9.69 Å². The zero-order chi connectivity index (χ0) is 19.8. The second-order valence-electron chi connectivity index (χ2n) is 7.43. The van der Waals surface area contributed by atoms with Crippen molar-refractivity contribution in [1.82, 2.24) is 14.9 Å². The number of fused-ring (bicyclic) bond motifs is 2. The van der Waals surface area contributed by atoms with Crippen LogP contribution in [0.5, 0.6) is 0 Å². The van der Waals surface area contributed by atoms with Crippen LogP contribution in [0.15, 0.2) is 42.6 Å². The number of hydrogen-bond acceptors (Lipinski definition) is 4. The van der Waals surface area contributed by atoms with Crippen LogP contribution in [0.2, 0.25) is 0 Å². The average Bonchev–Trinajstić information content (AvgIpc) is 3.25. The Morgan fingerprint density at radius 2 is 1.93 bits per heavy atom. The Hall–Kier alpha value is -2.70. The number of para-hydroxylation sites is 1. The molecule has 0 spiro atoms. The monoisotopic (exact) mass is 392 g/mol. The molecule has 0 saturated carbocycles. The maximum Gasteiger partial charge on any atom is 0.262 e. The van der Waals surface area contributed by atoms with E-state index in [9.17, 15) is 4.79 Å². The molecule has 144 valence electrons. The van der Waals surface area contributed by atoms with Crippen LogP contribution in [0, 0.1) is 13.8 Å². The number of amides is 1. The Morgan fingerprint density at radius 1 is 1.14 bits per heavy atom. The van der Waals surface area contributed by atoms with E-state index in [1.165, 1.54) is 5.56 Å². The van der Waals surface area contributed by atoms with E-state index in [1.807, 2.05) is 43.3 Å². The first kappa shape index (κ1) is 18.7. The second kappa shape index (κ2) is 7.37. The molecule has 0 unspecified atom stereocenters. The number of aromatic nitrogens is 2. The molecule has 0 aliphatic heterocycles. The van der Waals surface area contributed by atoms with Gasteiger partial charge in [0.15, 0.2) is 5.13 Å². The van der Waals surface area contributed by atoms with Gasteiger partial charge in [-0.1, -0.05) is 35.6 Å². The Morgan fingerprint density at radius 3 is 2.71 bits per heavy atom. The van der Waals surface area contributed by atoms with Crippen LogP contribution >= 0.6 is 11.3 Å². The molecule has 0 bridgehead atoms. The zero-order valence-corrected chi connectivity index (χ0v) is 17.4. The summed E-state index contributed by atoms with van der Waals surface area (Å²) in [4.78, 5) is 25.5. The molecule has 2 aromatic carbocycles. The average molecular weight is 393 g/mol. The highest BCUT2D eigenvalue weighted by atomic mass is 32.1. The summed E-state index contributed by atoms with van der Waals surface area (Å²) >= 11 is 1.58. The quantitative estimate of drug-likeness (QED) is 0.540. The first-order valence-corrected chi connectivity index (χ1v) is 10.2. The summed E-state index contributed by atoms with van der Waals surface area (Å²) in [6.45, 7) is 5.52. The lowest BCUT2D eigenvalue weighted by Gasteiger charge is -2.21. The van der Waals surface area contributed by atoms with Crippen molar-refractivity contribution in [2.24, 2.45) is 0 Å². The predicted octanol–water partition coefficient (Wildman–Crippen LogP) is 4.60. The number of benzene rings is 2. The summed E-state index contributed by atoms with van der Waals surface area (Å²) in [6.07, 6.45) is 1.80. The van der Waals surface area contributed by atoms with Crippen molar-refractivity contribution in [3.8, 4) is 0 Å². The Kier molecular flexibility index (Phi) is 4.91. The summed E-state index contributed by atoms with van der Waals surface area (Å²) in [5.41, 5.74) is 4.98. The normalized spacial score (nSPS) is 11.6. The van der Waals surface area contributed by atoms with Gasteiger partial charge in [0, 0.05) is 30.2 Å². The van der Waals surface area contributed by atoms with Crippen LogP contribution in [0.3, 0.4) is 0 Å². The lowest BCUT2D eigenvalue weighted by atomic mass is 10.1. The van der Waals surface area contributed by atoms with Crippen molar-refractivity contribution < 1.29 is 4.79 Å². The smallest absolute Gasteiger partial charge is 0.262 e. The van der Waals surface area contributed by atoms with Gasteiger partial charge in [-0.05, 0) is 51.2 Å². The molecule has 1 N–H and O–H groups in total. The fourth-order valence-electron chi connectivity index (χ4n) is 3.45. The summed E-state index contributed by atoms with van der Waals surface area (Å²) in [5.74, 6) is -0.0206. The Balaban J connectivity index is 1.79. The molecule has 4 aromatic rings. The predicted molar refractivity (Wildman–Crippen MR) is 118 cm³/mol. The Bertz CT molecular complexity index is 1160. The number of aromatic amines is 1. The number of likely N-dealkylation sites (N-methyl/N-ethyl adjacent to an activating group) is 1. The number of aryl methyl sites for hydroxylation is 2. The number of nitrogens with one attached hydrogen (secondary N) is 1. The highest BCUT2D eigenvalue weighted by Crippen LogP contribution is 2.33. The molecule has 4 rings (SSSR count). The molecule has 28 heavy (non-hydrogen) atoms. The van der Waals surface area contributed by atoms with Gasteiger partial charge in [-0.15, -0.1) is 0 Å². The van der Waals surface area contributed by atoms with Crippen molar-refractivity contribution in [3.63, 3.8) is 0 Å². The number of carbonyl (C=O) groups excluding carboxylic acids is 1. The first-order chi connectivity index (χ1) is 13.4. The largest absolute Gasteiger partial charge is 0.360 e. The molecule has 5 nitrogen and oxygen atoms in total. The Labute approximate surface area is 168 Å². The number of anilines is 1. The first-order valence-electron chi connectivity index (χ1n) is 9.34. The van der Waals surface area contributed by atoms with E-state index in [0.717, 1.165) is 38.4 Å². The van der Waals surface area contributed by atoms with Crippen molar-refractivity contribution in [1.29, 1.82) is 0 Å². The van der Waals surface area contributed by atoms with E-state index in [0.29, 0.717) is 12.1 Å². The van der Waals surface area contributed by atoms with Gasteiger partial charge >= 0.3 is 0 Å². The van der Waals surface area contributed by atoms with E-state index in [2.05, 4.69) is 35.9 Å². The molecule has 0 aliphatic carbocycles. The number of nitrogens with zero attached hydrogens (tertiary/aromatic N) is 3. The molecule has 0 fully saturated rings. The molecule has 1 amide bonds. The molecule has 6 heteroatoms. The summed E-state index contributed by atoms with van der Waals surface area (Å²) in [7, 11) is 4.03. The molecular weight excluding hydrogens is 368 g/mol. The summed E-state index contributed by atoms with van der Waals surface area (Å²) in [5, 5.41) is 1.69. The summed E-state index contributed by atoms with van der Waals surface area (Å²) < 4.78 is 1.12. The third-order valence-corrected chi connectivity index (χ3v) is 5.91. The fourth-order valence-corrected chi connectivity index (χ4v) is 4.62. The van der Waals surface area contributed by atoms with Crippen LogP contribution in [0.1, 0.15) is 21.5 Å². The van der Waals surface area contributed by atoms with Gasteiger partial charge in [0.1, 0.15) is 0 Å². The summed E-state index contributed by atoms with van der Waals surface area (Å²) in [6, 6.07) is 12.2. The van der Waals surface area contributed by atoms with Crippen LogP contribution < -0.4 is 4.90 Å². The maximum absolute atomic E-state index is 13.5. The lowest BCUT2D eigenvalue weighted by molar-refractivity contribution is 0.0987. The maximum atomic E-state index is 13.5. The van der Waals surface area contributed by atoms with Crippen LogP contribution in [-0.4, -0.2) is 48.0 Å². The molecule has 2 heterocycles. The third-order valence-electron chi connectivity index (χ3n) is 4.89. The van der Waals surface area contributed by atoms with Gasteiger partial charge in [-0.25, -0.2) is 4.98 Å². The van der Waals surface area contributed by atoms with Crippen molar-refractivity contribution in [2.75, 3.05) is 32.1 Å². The zero-order valence-electron chi connectivity index (χ0n) is 16.6. The van der Waals surface area contributed by atoms with E-state index in [-0.39, 0.29) is 5.91 Å². The highest BCUT2D eigenvalue weighted by molar-refractivity contribution is 7.22. The minimum atomic E-state index is -0.0206. The van der Waals surface area contributed by atoms with Gasteiger partial charge in [0.25, 0.3) is 5.91 Å². The SMILES string of the molecule is Cc1cc(C)c2nc(N(CCN(C)C)C(=O)c3c[nH]c4ccccc34)sc2c1. The van der Waals surface area contributed by atoms with Crippen LogP contribution in [0.25, 0.3) is 21.1 Å². The van der Waals surface area contributed by atoms with Crippen molar-refractivity contribution >= 4 is 43.5 Å². The van der Waals surface area contributed by atoms with E-state index >= 15 is 0 Å². The van der Waals surface area contributed by atoms with Crippen LogP contribution in [0.4, 0.5) is 5.13 Å². The number of thiazole rings is 1. The minimum absolute atomic E-state index is 0.0206. The second-order valence-corrected chi connectivity index (χ2v) is 8.44. The van der Waals surface area contributed by atoms with Crippen LogP contribution in [-0.2, 0) is 0 Å². The topological polar surface area (TPSA) is 52.2 Å². The number of H-pyrrole nitrogens is 1. The number of carbonyl (C=O) groups is 1. The van der Waals surface area contributed by atoms with Crippen molar-refractivity contribution in [3.05, 3.63) is 59.3 Å². The molecule has 0 atom stereocenters. The standard InChI is InChI=1S/C22H24N4OS/c1-14-11-15(2)20-19(12-14)28-22(24-20)26(10-9-25(3)4)21(27)17-13-23-18-8-6-5-7-16(17)18/h5-8,11-13,23H,9-10H2,1-4H3. The van der Waals surface area contributed by atoms with Gasteiger partial charge < -0.3 is 9.88 Å². The number of hydrogen-bond donors (Lipinski definition) is 1. The lowest BCUT2D eigenvalue weighted by Crippen LogP contribution is -2.36. The molecule has 0 saturated heterocycles. The van der Waals surface area contributed by atoms with Gasteiger partial charge in [-0.2, -0.15) is 0 Å². The molecule has 0 radical (unpaired) electrons. The third kappa shape index (κ3) is 3.41. The van der Waals surface area contributed by atoms with Gasteiger partial charge in [0.2, 0.25) is 0 Å². The van der Waals surface area contributed by atoms with Gasteiger partial charge in [0.05, 0.1) is 15.8 Å². The minimum Gasteiger partial charge on any atom is -0.360 e. The van der Waals surface area contributed by atoms with E-state index in [4.69, 9.17) is 4.98 Å². The molecular formula is C22H24N4OS. The number of rotatable bonds is 5. The highest BCUT2D eigenvalue weighted by Gasteiger charge is 2.24. The fraction of sp³-hybridized carbons (Fsp3) is 0.273.